The molecule has 240 valence electrons. The van der Waals surface area contributed by atoms with Crippen molar-refractivity contribution < 1.29 is 19.9 Å². The van der Waals surface area contributed by atoms with Crippen LogP contribution in [0.15, 0.2) is 41.3 Å². The van der Waals surface area contributed by atoms with Crippen LogP contribution in [0, 0.1) is 34.6 Å². The Morgan fingerprint density at radius 3 is 2.58 bits per heavy atom. The fourth-order valence-corrected chi connectivity index (χ4v) is 6.90. The molecule has 1 aromatic heterocycles. The molecule has 1 amide bonds. The summed E-state index contributed by atoms with van der Waals surface area (Å²) in [6, 6.07) is 10.9. The Kier molecular flexibility index (Phi) is 12.9. The lowest BCUT2D eigenvalue weighted by molar-refractivity contribution is -0.00869. The Bertz CT molecular complexity index is 1540. The zero-order valence-corrected chi connectivity index (χ0v) is 29.1. The van der Waals surface area contributed by atoms with Gasteiger partial charge in [0.1, 0.15) is 14.3 Å². The zero-order chi connectivity index (χ0) is 33.9. The maximum absolute atomic E-state index is 13.4. The maximum atomic E-state index is 13.4. The predicted octanol–water partition coefficient (Wildman–Crippen LogP) is 6.09. The van der Waals surface area contributed by atoms with E-state index in [4.69, 9.17) is 20.4 Å². The molecule has 1 aromatic carbocycles. The normalized spacial score (nSPS) is 18.9. The molecule has 0 radical (unpaired) electrons. The van der Waals surface area contributed by atoms with Gasteiger partial charge in [-0.15, -0.1) is 5.54 Å². The van der Waals surface area contributed by atoms with E-state index in [-0.39, 0.29) is 44.2 Å². The topological polar surface area (TPSA) is 119 Å². The maximum Gasteiger partial charge on any atom is 0.351 e. The number of nitriles is 1. The van der Waals surface area contributed by atoms with Crippen LogP contribution in [0.4, 0.5) is 5.82 Å². The average Bonchev–Trinajstić information content (AvgIpc) is 3.39. The molecule has 12 heteroatoms. The van der Waals surface area contributed by atoms with Crippen LogP contribution in [-0.4, -0.2) is 59.1 Å². The standard InChI is InChI=1S/C33H44N5O5PSi/c1-24(2)38(25(3)4)44(41-20-15-19-34)43-29-22-30(42-26(29)5)37-23-28(18-13-10-14-21-45(6,7)8)31(36-33(37)40)35-32(39)27-16-11-9-12-17-27/h9,11-12,16-17,23-26,29-30H,10,15,20,22H2,1-8H3,(H,35,36,39,40)/t26-,29-,30-,44?/m1/s1/i5D. The molecule has 10 nitrogen and oxygen atoms in total. The molecule has 45 heavy (non-hydrogen) atoms. The van der Waals surface area contributed by atoms with E-state index in [9.17, 15) is 9.59 Å². The third-order valence-electron chi connectivity index (χ3n) is 6.46. The van der Waals surface area contributed by atoms with Gasteiger partial charge in [-0.25, -0.2) is 9.46 Å². The van der Waals surface area contributed by atoms with Crippen molar-refractivity contribution in [2.24, 2.45) is 0 Å². The van der Waals surface area contributed by atoms with Crippen molar-refractivity contribution in [3.8, 4) is 29.4 Å². The fraction of sp³-hybridized carbons (Fsp3) is 0.515. The Hall–Kier alpha value is -3.33. The lowest BCUT2D eigenvalue weighted by Crippen LogP contribution is -2.35. The molecular formula is C33H44N5O5PSi. The molecule has 1 aliphatic rings. The second-order valence-corrected chi connectivity index (χ2v) is 18.3. The van der Waals surface area contributed by atoms with Gasteiger partial charge in [-0.2, -0.15) is 10.2 Å². The summed E-state index contributed by atoms with van der Waals surface area (Å²) >= 11 is 0. The summed E-state index contributed by atoms with van der Waals surface area (Å²) in [7, 11) is -3.14. The van der Waals surface area contributed by atoms with Gasteiger partial charge in [0.05, 0.1) is 43.3 Å². The Morgan fingerprint density at radius 2 is 1.96 bits per heavy atom. The summed E-state index contributed by atoms with van der Waals surface area (Å²) in [5, 5.41) is 11.8. The molecule has 0 spiro atoms. The van der Waals surface area contributed by atoms with E-state index in [0.29, 0.717) is 17.5 Å². The van der Waals surface area contributed by atoms with E-state index in [0.717, 1.165) is 0 Å². The molecule has 1 N–H and O–H groups in total. The van der Waals surface area contributed by atoms with Crippen LogP contribution < -0.4 is 11.0 Å². The number of aromatic nitrogens is 2. The molecule has 1 aliphatic heterocycles. The molecule has 3 rings (SSSR count). The number of benzene rings is 1. The Balaban J connectivity index is 1.94. The minimum atomic E-state index is -1.58. The summed E-state index contributed by atoms with van der Waals surface area (Å²) in [6.07, 6.45) is 0.374. The number of carbonyl (C=O) groups excluding carboxylic acids is 1. The first-order chi connectivity index (χ1) is 21.8. The van der Waals surface area contributed by atoms with Gasteiger partial charge in [0.15, 0.2) is 5.82 Å². The molecule has 0 aliphatic carbocycles. The van der Waals surface area contributed by atoms with E-state index in [1.54, 1.807) is 24.3 Å². The fourth-order valence-electron chi connectivity index (χ4n) is 4.52. The molecule has 2 heterocycles. The molecule has 2 aromatic rings. The first-order valence-corrected chi connectivity index (χ1v) is 19.7. The Labute approximate surface area is 270 Å². The van der Waals surface area contributed by atoms with Gasteiger partial charge in [0, 0.05) is 31.6 Å². The van der Waals surface area contributed by atoms with Gasteiger partial charge in [0.25, 0.3) is 14.4 Å². The van der Waals surface area contributed by atoms with E-state index in [2.05, 4.69) is 64.0 Å². The van der Waals surface area contributed by atoms with Crippen molar-refractivity contribution in [3.63, 3.8) is 0 Å². The van der Waals surface area contributed by atoms with Gasteiger partial charge >= 0.3 is 5.69 Å². The monoisotopic (exact) mass is 650 g/mol. The summed E-state index contributed by atoms with van der Waals surface area (Å²) in [5.41, 5.74) is 3.39. The van der Waals surface area contributed by atoms with E-state index >= 15 is 0 Å². The molecule has 0 saturated carbocycles. The number of ether oxygens (including phenoxy) is 1. The van der Waals surface area contributed by atoms with Gasteiger partial charge in [0.2, 0.25) is 0 Å². The minimum Gasteiger partial charge on any atom is -0.352 e. The highest BCUT2D eigenvalue weighted by molar-refractivity contribution is 7.44. The highest BCUT2D eigenvalue weighted by Crippen LogP contribution is 2.49. The first kappa shape index (κ1) is 34.5. The number of carbonyl (C=O) groups is 1. The van der Waals surface area contributed by atoms with Crippen molar-refractivity contribution in [3.05, 3.63) is 58.1 Å². The van der Waals surface area contributed by atoms with Crippen molar-refractivity contribution in [2.75, 3.05) is 11.9 Å². The SMILES string of the molecule is [2H]C[C@H]1O[C@@H](n2cc(C#CCC#C[Si](C)(C)C)c(NC(=O)c3ccccc3)nc2=O)C[C@H]1OP(OCCC#N)N(C(C)C)C(C)C. The van der Waals surface area contributed by atoms with Crippen molar-refractivity contribution >= 4 is 28.3 Å². The number of nitrogens with one attached hydrogen (secondary N) is 1. The minimum absolute atomic E-state index is 0.0440. The van der Waals surface area contributed by atoms with Gasteiger partial charge in [-0.1, -0.05) is 55.6 Å². The lowest BCUT2D eigenvalue weighted by Gasteiger charge is -2.37. The highest BCUT2D eigenvalue weighted by atomic mass is 31.2. The van der Waals surface area contributed by atoms with Crippen LogP contribution in [0.5, 0.6) is 0 Å². The molecule has 1 saturated heterocycles. The van der Waals surface area contributed by atoms with Crippen LogP contribution in [-0.2, 0) is 13.8 Å². The quantitative estimate of drug-likeness (QED) is 0.134. The van der Waals surface area contributed by atoms with Crippen molar-refractivity contribution in [1.82, 2.24) is 14.2 Å². The molecular weight excluding hydrogens is 605 g/mol. The molecule has 1 fully saturated rings. The number of nitrogens with zero attached hydrogens (tertiary/aromatic N) is 4. The first-order valence-electron chi connectivity index (χ1n) is 15.7. The largest absolute Gasteiger partial charge is 0.352 e. The zero-order valence-electron chi connectivity index (χ0n) is 28.2. The Morgan fingerprint density at radius 1 is 1.24 bits per heavy atom. The second kappa shape index (κ2) is 16.8. The number of rotatable bonds is 11. The smallest absolute Gasteiger partial charge is 0.351 e. The summed E-state index contributed by atoms with van der Waals surface area (Å²) in [6.45, 7) is 14.8. The molecule has 0 bridgehead atoms. The van der Waals surface area contributed by atoms with Crippen LogP contribution in [0.3, 0.4) is 0 Å². The third kappa shape index (κ3) is 10.9. The van der Waals surface area contributed by atoms with E-state index in [1.807, 2.05) is 33.8 Å². The van der Waals surface area contributed by atoms with E-state index in [1.165, 1.54) is 10.8 Å². The van der Waals surface area contributed by atoms with Crippen molar-refractivity contribution in [1.29, 1.82) is 5.26 Å². The summed E-state index contributed by atoms with van der Waals surface area (Å²) in [4.78, 5) is 30.5. The van der Waals surface area contributed by atoms with Crippen LogP contribution in [0.1, 0.15) is 77.4 Å². The van der Waals surface area contributed by atoms with Gasteiger partial charge < -0.3 is 19.1 Å². The van der Waals surface area contributed by atoms with Gasteiger partial charge in [-0.05, 0) is 46.7 Å². The van der Waals surface area contributed by atoms with Crippen molar-refractivity contribution in [2.45, 2.75) is 104 Å². The highest BCUT2D eigenvalue weighted by Gasteiger charge is 2.39. The van der Waals surface area contributed by atoms with Crippen LogP contribution in [0.2, 0.25) is 19.6 Å². The molecule has 1 unspecified atom stereocenters. The van der Waals surface area contributed by atoms with E-state index < -0.39 is 46.6 Å². The van der Waals surface area contributed by atoms with Crippen LogP contribution >= 0.6 is 8.53 Å². The average molecular weight is 651 g/mol. The number of anilines is 1. The summed E-state index contributed by atoms with van der Waals surface area (Å²) in [5.74, 6) is 8.80. The third-order valence-corrected chi connectivity index (χ3v) is 9.54. The number of amides is 1. The second-order valence-electron chi connectivity index (χ2n) is 12.1. The molecule has 4 atom stereocenters. The summed E-state index contributed by atoms with van der Waals surface area (Å²) < 4.78 is 30.3. The number of hydrogen-bond donors (Lipinski definition) is 1. The van der Waals surface area contributed by atoms with Gasteiger partial charge in [-0.3, -0.25) is 9.36 Å². The van der Waals surface area contributed by atoms with Crippen LogP contribution in [0.25, 0.3) is 0 Å². The lowest BCUT2D eigenvalue weighted by atomic mass is 10.2. The predicted molar refractivity (Wildman–Crippen MR) is 180 cm³/mol. The number of hydrogen-bond acceptors (Lipinski definition) is 8.